The second-order valence-corrected chi connectivity index (χ2v) is 2.56. The molecule has 0 atom stereocenters. The molecule has 0 saturated heterocycles. The van der Waals surface area contributed by atoms with Crippen LogP contribution in [0.1, 0.15) is 13.8 Å². The Hall–Kier alpha value is -0.130. The van der Waals surface area contributed by atoms with Gasteiger partial charge in [0.15, 0.2) is 0 Å². The first-order valence-electron chi connectivity index (χ1n) is 2.59. The van der Waals surface area contributed by atoms with Crippen LogP contribution in [0.25, 0.3) is 0 Å². The van der Waals surface area contributed by atoms with Crippen molar-refractivity contribution in [2.24, 2.45) is 0 Å². The predicted octanol–water partition coefficient (Wildman–Crippen LogP) is -0.215. The second kappa shape index (κ2) is 3.81. The van der Waals surface area contributed by atoms with Crippen molar-refractivity contribution in [3.63, 3.8) is 0 Å². The van der Waals surface area contributed by atoms with Crippen LogP contribution >= 0.6 is 0 Å². The van der Waals surface area contributed by atoms with Crippen LogP contribution in [0.2, 0.25) is 0 Å². The van der Waals surface area contributed by atoms with Gasteiger partial charge in [0.25, 0.3) is 11.0 Å². The van der Waals surface area contributed by atoms with Crippen molar-refractivity contribution in [1.82, 2.24) is 5.06 Å². The first-order valence-corrected chi connectivity index (χ1v) is 3.69. The first kappa shape index (κ1) is 8.87. The molecule has 0 aromatic rings. The molecular formula is C4H11NO3S. The maximum absolute atomic E-state index is 9.89. The SMILES string of the molecule is CC(C)N(C)O[SH](=O)=O. The first-order chi connectivity index (χ1) is 4.04. The molecule has 0 fully saturated rings. The van der Waals surface area contributed by atoms with Crippen molar-refractivity contribution in [3.8, 4) is 0 Å². The molecule has 0 rings (SSSR count). The smallest absolute Gasteiger partial charge is 0.201 e. The van der Waals surface area contributed by atoms with Gasteiger partial charge in [-0.25, -0.2) is 8.42 Å². The van der Waals surface area contributed by atoms with Gasteiger partial charge in [-0.3, -0.25) is 0 Å². The number of hydrogen-bond acceptors (Lipinski definition) is 4. The lowest BCUT2D eigenvalue weighted by Gasteiger charge is -2.14. The summed E-state index contributed by atoms with van der Waals surface area (Å²) in [6.45, 7) is 3.66. The highest BCUT2D eigenvalue weighted by Gasteiger charge is 2.02. The van der Waals surface area contributed by atoms with Crippen LogP contribution < -0.4 is 0 Å². The van der Waals surface area contributed by atoms with Gasteiger partial charge in [0.1, 0.15) is 0 Å². The number of hydrogen-bond donors (Lipinski definition) is 1. The summed E-state index contributed by atoms with van der Waals surface area (Å²) >= 11 is 0. The highest BCUT2D eigenvalue weighted by Crippen LogP contribution is 1.92. The molecule has 0 aliphatic heterocycles. The third-order valence-corrected chi connectivity index (χ3v) is 1.31. The van der Waals surface area contributed by atoms with Gasteiger partial charge in [-0.2, -0.15) is 9.35 Å². The van der Waals surface area contributed by atoms with E-state index in [1.165, 1.54) is 5.06 Å². The minimum absolute atomic E-state index is 0.0814. The molecule has 0 aromatic carbocycles. The molecule has 0 radical (unpaired) electrons. The number of nitrogens with zero attached hydrogens (tertiary/aromatic N) is 1. The third kappa shape index (κ3) is 4.38. The molecule has 4 nitrogen and oxygen atoms in total. The summed E-state index contributed by atoms with van der Waals surface area (Å²) in [5.41, 5.74) is 0. The molecule has 0 heterocycles. The third-order valence-electron chi connectivity index (χ3n) is 0.923. The largest absolute Gasteiger partial charge is 0.273 e. The summed E-state index contributed by atoms with van der Waals surface area (Å²) in [7, 11) is -1.18. The van der Waals surface area contributed by atoms with E-state index in [2.05, 4.69) is 4.28 Å². The summed E-state index contributed by atoms with van der Waals surface area (Å²) in [6, 6.07) is 0.0814. The zero-order valence-electron chi connectivity index (χ0n) is 5.70. The summed E-state index contributed by atoms with van der Waals surface area (Å²) < 4.78 is 24.1. The van der Waals surface area contributed by atoms with Crippen LogP contribution in [0.15, 0.2) is 0 Å². The van der Waals surface area contributed by atoms with Crippen LogP contribution in [0.4, 0.5) is 0 Å². The van der Waals surface area contributed by atoms with Crippen molar-refractivity contribution in [2.45, 2.75) is 19.9 Å². The lowest BCUT2D eigenvalue weighted by molar-refractivity contribution is -0.0472. The normalized spacial score (nSPS) is 11.8. The van der Waals surface area contributed by atoms with E-state index >= 15 is 0 Å². The lowest BCUT2D eigenvalue weighted by Crippen LogP contribution is -2.25. The predicted molar refractivity (Wildman–Crippen MR) is 34.3 cm³/mol. The van der Waals surface area contributed by atoms with Crippen molar-refractivity contribution in [2.75, 3.05) is 7.05 Å². The van der Waals surface area contributed by atoms with Gasteiger partial charge in [-0.1, -0.05) is 0 Å². The topological polar surface area (TPSA) is 46.6 Å². The highest BCUT2D eigenvalue weighted by atomic mass is 32.2. The van der Waals surface area contributed by atoms with E-state index in [0.29, 0.717) is 0 Å². The molecular weight excluding hydrogens is 142 g/mol. The van der Waals surface area contributed by atoms with Crippen molar-refractivity contribution >= 4 is 11.0 Å². The van der Waals surface area contributed by atoms with Gasteiger partial charge >= 0.3 is 0 Å². The van der Waals surface area contributed by atoms with Crippen molar-refractivity contribution in [1.29, 1.82) is 0 Å². The maximum Gasteiger partial charge on any atom is 0.273 e. The van der Waals surface area contributed by atoms with E-state index in [1.54, 1.807) is 7.05 Å². The zero-order chi connectivity index (χ0) is 7.44. The Morgan fingerprint density at radius 3 is 2.00 bits per heavy atom. The quantitative estimate of drug-likeness (QED) is 0.450. The Morgan fingerprint density at radius 1 is 1.44 bits per heavy atom. The minimum atomic E-state index is -2.75. The Balaban J connectivity index is 3.63. The molecule has 0 aromatic heterocycles. The fourth-order valence-corrected chi connectivity index (χ4v) is 0.598. The van der Waals surface area contributed by atoms with Crippen LogP contribution in [-0.2, 0) is 15.3 Å². The lowest BCUT2D eigenvalue weighted by atomic mass is 10.4. The highest BCUT2D eigenvalue weighted by molar-refractivity contribution is 7.67. The average Bonchev–Trinajstić information content (AvgIpc) is 1.63. The Kier molecular flexibility index (Phi) is 3.76. The number of rotatable bonds is 3. The summed E-state index contributed by atoms with van der Waals surface area (Å²) in [5.74, 6) is 0. The van der Waals surface area contributed by atoms with Crippen molar-refractivity contribution in [3.05, 3.63) is 0 Å². The van der Waals surface area contributed by atoms with Crippen LogP contribution in [0, 0.1) is 0 Å². The maximum atomic E-state index is 9.89. The van der Waals surface area contributed by atoms with Crippen molar-refractivity contribution < 1.29 is 12.7 Å². The standard InChI is InChI=1S/C4H11NO3S/c1-4(2)5(3)8-9(6)7/h4,9H,1-3H3. The molecule has 0 saturated carbocycles. The van der Waals surface area contributed by atoms with E-state index in [-0.39, 0.29) is 6.04 Å². The van der Waals surface area contributed by atoms with Gasteiger partial charge in [0.2, 0.25) is 0 Å². The van der Waals surface area contributed by atoms with Gasteiger partial charge in [-0.05, 0) is 13.8 Å². The Labute approximate surface area is 56.5 Å². The molecule has 56 valence electrons. The second-order valence-electron chi connectivity index (χ2n) is 1.95. The van der Waals surface area contributed by atoms with E-state index in [1.807, 2.05) is 13.8 Å². The fraction of sp³-hybridized carbons (Fsp3) is 1.00. The van der Waals surface area contributed by atoms with Gasteiger partial charge in [-0.15, -0.1) is 0 Å². The molecule has 0 aliphatic rings. The molecule has 0 unspecified atom stereocenters. The molecule has 0 bridgehead atoms. The van der Waals surface area contributed by atoms with Crippen LogP contribution in [-0.4, -0.2) is 26.6 Å². The fourth-order valence-electron chi connectivity index (χ4n) is 0.199. The molecule has 0 aliphatic carbocycles. The monoisotopic (exact) mass is 153 g/mol. The molecule has 0 spiro atoms. The molecule has 0 amide bonds. The van der Waals surface area contributed by atoms with Crippen LogP contribution in [0.3, 0.4) is 0 Å². The van der Waals surface area contributed by atoms with Gasteiger partial charge in [0, 0.05) is 13.1 Å². The number of thiol groups is 1. The summed E-state index contributed by atoms with van der Waals surface area (Å²) in [5, 5.41) is 1.27. The minimum Gasteiger partial charge on any atom is -0.201 e. The molecule has 9 heavy (non-hydrogen) atoms. The Morgan fingerprint density at radius 2 is 1.89 bits per heavy atom. The van der Waals surface area contributed by atoms with Gasteiger partial charge < -0.3 is 0 Å². The van der Waals surface area contributed by atoms with Crippen LogP contribution in [0.5, 0.6) is 0 Å². The average molecular weight is 153 g/mol. The van der Waals surface area contributed by atoms with E-state index in [9.17, 15) is 8.42 Å². The summed E-state index contributed by atoms with van der Waals surface area (Å²) in [6.07, 6.45) is 0. The van der Waals surface area contributed by atoms with E-state index < -0.39 is 11.0 Å². The zero-order valence-corrected chi connectivity index (χ0v) is 6.59. The van der Waals surface area contributed by atoms with Gasteiger partial charge in [0.05, 0.1) is 0 Å². The molecule has 0 N–H and O–H groups in total. The van der Waals surface area contributed by atoms with E-state index in [0.717, 1.165) is 0 Å². The molecule has 5 heteroatoms. The number of hydroxylamine groups is 2. The summed E-state index contributed by atoms with van der Waals surface area (Å²) in [4.78, 5) is 0. The Bertz CT molecular complexity index is 135. The van der Waals surface area contributed by atoms with E-state index in [4.69, 9.17) is 0 Å².